The molecule has 1 amide bonds. The first-order chi connectivity index (χ1) is 16.0. The molecule has 4 aromatic rings. The maximum Gasteiger partial charge on any atom is 0.247 e. The first kappa shape index (κ1) is 22.4. The monoisotopic (exact) mass is 507 g/mol. The molecule has 3 N–H and O–H groups in total. The van der Waals surface area contributed by atoms with E-state index in [-0.39, 0.29) is 28.0 Å². The summed E-state index contributed by atoms with van der Waals surface area (Å²) >= 11 is 3.09. The molecule has 0 radical (unpaired) electrons. The second-order valence-corrected chi connectivity index (χ2v) is 8.29. The van der Waals surface area contributed by atoms with Gasteiger partial charge in [-0.2, -0.15) is 0 Å². The normalized spacial score (nSPS) is 11.7. The van der Waals surface area contributed by atoms with Crippen molar-refractivity contribution in [3.05, 3.63) is 99.6 Å². The predicted molar refractivity (Wildman–Crippen MR) is 131 cm³/mol. The van der Waals surface area contributed by atoms with Crippen LogP contribution in [0.1, 0.15) is 5.56 Å². The smallest absolute Gasteiger partial charge is 0.247 e. The fraction of sp³-hybridized carbons (Fsp3) is 0.0800. The number of carbonyl (C=O) groups is 1. The Hall–Kier alpha value is -3.78. The van der Waals surface area contributed by atoms with Crippen molar-refractivity contribution < 1.29 is 14.3 Å². The number of nitroso groups, excluding NO2 is 1. The lowest BCUT2D eigenvalue weighted by molar-refractivity contribution is -0.116. The number of aromatic hydroxyl groups is 1. The number of anilines is 2. The van der Waals surface area contributed by atoms with E-state index in [1.165, 1.54) is 18.2 Å². The highest BCUT2D eigenvalue weighted by Gasteiger charge is 2.22. The third kappa shape index (κ3) is 5.01. The standard InChI is InChI=1S/C25H19BrFN3O3/c26-19-11-10-16(13-20(19)27)28-25(32)23(12-15-6-2-1-3-7-15)29-22-14-21(30-33)17-8-4-5-9-18(17)24(22)31/h1-11,13-14,23,29,31H,12H2,(H,28,32). The van der Waals surface area contributed by atoms with Crippen molar-refractivity contribution in [2.45, 2.75) is 12.5 Å². The summed E-state index contributed by atoms with van der Waals surface area (Å²) in [6.45, 7) is 0. The van der Waals surface area contributed by atoms with E-state index in [1.807, 2.05) is 30.3 Å². The van der Waals surface area contributed by atoms with Crippen molar-refractivity contribution >= 4 is 49.7 Å². The number of hydrogen-bond donors (Lipinski definition) is 3. The quantitative estimate of drug-likeness (QED) is 0.196. The Morgan fingerprint density at radius 1 is 1.00 bits per heavy atom. The molecule has 6 nitrogen and oxygen atoms in total. The molecule has 1 atom stereocenters. The Labute approximate surface area is 197 Å². The summed E-state index contributed by atoms with van der Waals surface area (Å²) in [6.07, 6.45) is 0.280. The molecule has 0 aromatic heterocycles. The van der Waals surface area contributed by atoms with Gasteiger partial charge in [0.2, 0.25) is 5.91 Å². The van der Waals surface area contributed by atoms with Crippen LogP contribution in [0, 0.1) is 10.7 Å². The van der Waals surface area contributed by atoms with Crippen LogP contribution in [0.3, 0.4) is 0 Å². The molecule has 0 aliphatic rings. The molecule has 0 aliphatic heterocycles. The molecule has 4 aromatic carbocycles. The van der Waals surface area contributed by atoms with Gasteiger partial charge < -0.3 is 15.7 Å². The second-order valence-electron chi connectivity index (χ2n) is 7.43. The van der Waals surface area contributed by atoms with Crippen molar-refractivity contribution in [2.24, 2.45) is 5.18 Å². The van der Waals surface area contributed by atoms with Crippen molar-refractivity contribution in [1.82, 2.24) is 0 Å². The first-order valence-corrected chi connectivity index (χ1v) is 10.9. The third-order valence-electron chi connectivity index (χ3n) is 5.21. The molecule has 0 saturated heterocycles. The summed E-state index contributed by atoms with van der Waals surface area (Å²) < 4.78 is 14.2. The summed E-state index contributed by atoms with van der Waals surface area (Å²) in [7, 11) is 0. The molecule has 0 heterocycles. The molecule has 166 valence electrons. The fourth-order valence-electron chi connectivity index (χ4n) is 3.58. The van der Waals surface area contributed by atoms with Gasteiger partial charge in [-0.1, -0.05) is 54.6 Å². The number of carbonyl (C=O) groups excluding carboxylic acids is 1. The summed E-state index contributed by atoms with van der Waals surface area (Å²) in [6, 6.07) is 21.0. The molecule has 8 heteroatoms. The topological polar surface area (TPSA) is 90.8 Å². The van der Waals surface area contributed by atoms with Gasteiger partial charge in [0.1, 0.15) is 23.3 Å². The van der Waals surface area contributed by atoms with E-state index in [2.05, 4.69) is 31.7 Å². The molecule has 0 fully saturated rings. The number of nitrogens with zero attached hydrogens (tertiary/aromatic N) is 1. The number of benzene rings is 4. The largest absolute Gasteiger partial charge is 0.505 e. The number of fused-ring (bicyclic) bond motifs is 1. The zero-order valence-electron chi connectivity index (χ0n) is 17.3. The summed E-state index contributed by atoms with van der Waals surface area (Å²) in [5.74, 6) is -1.04. The van der Waals surface area contributed by atoms with Crippen LogP contribution in [-0.2, 0) is 11.2 Å². The van der Waals surface area contributed by atoms with Gasteiger partial charge in [-0.05, 0) is 50.9 Å². The van der Waals surface area contributed by atoms with E-state index in [1.54, 1.807) is 30.3 Å². The van der Waals surface area contributed by atoms with E-state index in [0.717, 1.165) is 5.56 Å². The van der Waals surface area contributed by atoms with Crippen LogP contribution in [0.5, 0.6) is 5.75 Å². The summed E-state index contributed by atoms with van der Waals surface area (Å²) in [5.41, 5.74) is 1.50. The zero-order chi connectivity index (χ0) is 23.4. The number of rotatable bonds is 7. The highest BCUT2D eigenvalue weighted by molar-refractivity contribution is 9.10. The number of hydrogen-bond acceptors (Lipinski definition) is 5. The van der Waals surface area contributed by atoms with E-state index in [4.69, 9.17) is 0 Å². The average Bonchev–Trinajstić information content (AvgIpc) is 2.83. The molecular weight excluding hydrogens is 489 g/mol. The van der Waals surface area contributed by atoms with E-state index < -0.39 is 17.8 Å². The first-order valence-electron chi connectivity index (χ1n) is 10.1. The minimum Gasteiger partial charge on any atom is -0.505 e. The van der Waals surface area contributed by atoms with Crippen molar-refractivity contribution in [3.8, 4) is 5.75 Å². The number of phenols is 1. The maximum absolute atomic E-state index is 13.9. The number of halogens is 2. The van der Waals surface area contributed by atoms with E-state index >= 15 is 0 Å². The van der Waals surface area contributed by atoms with E-state index in [0.29, 0.717) is 16.5 Å². The van der Waals surface area contributed by atoms with Crippen LogP contribution in [0.25, 0.3) is 10.8 Å². The Morgan fingerprint density at radius 2 is 1.70 bits per heavy atom. The number of nitrogens with one attached hydrogen (secondary N) is 2. The van der Waals surface area contributed by atoms with Crippen LogP contribution in [0.15, 0.2) is 88.5 Å². The number of phenolic OH excluding ortho intramolecular Hbond substituents is 1. The van der Waals surface area contributed by atoms with E-state index in [9.17, 15) is 19.2 Å². The molecule has 0 spiro atoms. The van der Waals surface area contributed by atoms with Crippen molar-refractivity contribution in [1.29, 1.82) is 0 Å². The molecule has 0 aliphatic carbocycles. The Bertz CT molecular complexity index is 1330. The predicted octanol–water partition coefficient (Wildman–Crippen LogP) is 6.51. The van der Waals surface area contributed by atoms with Crippen LogP contribution < -0.4 is 10.6 Å². The maximum atomic E-state index is 13.9. The van der Waals surface area contributed by atoms with Gasteiger partial charge in [-0.25, -0.2) is 4.39 Å². The average molecular weight is 508 g/mol. The van der Waals surface area contributed by atoms with Crippen LogP contribution in [0.2, 0.25) is 0 Å². The summed E-state index contributed by atoms with van der Waals surface area (Å²) in [5, 5.41) is 20.6. The summed E-state index contributed by atoms with van der Waals surface area (Å²) in [4.78, 5) is 24.6. The van der Waals surface area contributed by atoms with Gasteiger partial charge in [0.25, 0.3) is 0 Å². The highest BCUT2D eigenvalue weighted by Crippen LogP contribution is 2.39. The van der Waals surface area contributed by atoms with Gasteiger partial charge in [-0.3, -0.25) is 4.79 Å². The van der Waals surface area contributed by atoms with Crippen molar-refractivity contribution in [2.75, 3.05) is 10.6 Å². The fourth-order valence-corrected chi connectivity index (χ4v) is 3.82. The minimum atomic E-state index is -0.842. The van der Waals surface area contributed by atoms with Gasteiger partial charge in [0, 0.05) is 22.9 Å². The lowest BCUT2D eigenvalue weighted by Gasteiger charge is -2.21. The molecule has 0 saturated carbocycles. The zero-order valence-corrected chi connectivity index (χ0v) is 18.8. The minimum absolute atomic E-state index is 0.0986. The Kier molecular flexibility index (Phi) is 6.65. The van der Waals surface area contributed by atoms with Crippen LogP contribution in [-0.4, -0.2) is 17.1 Å². The van der Waals surface area contributed by atoms with Gasteiger partial charge in [0.15, 0.2) is 0 Å². The Morgan fingerprint density at radius 3 is 2.39 bits per heavy atom. The van der Waals surface area contributed by atoms with Gasteiger partial charge >= 0.3 is 0 Å². The Balaban J connectivity index is 1.69. The van der Waals surface area contributed by atoms with Crippen molar-refractivity contribution in [3.63, 3.8) is 0 Å². The molecule has 0 bridgehead atoms. The van der Waals surface area contributed by atoms with Gasteiger partial charge in [0.05, 0.1) is 10.2 Å². The lowest BCUT2D eigenvalue weighted by Crippen LogP contribution is -2.36. The SMILES string of the molecule is O=Nc1cc(NC(Cc2ccccc2)C(=O)Nc2ccc(Br)c(F)c2)c(O)c2ccccc12. The molecule has 33 heavy (non-hydrogen) atoms. The molecule has 4 rings (SSSR count). The highest BCUT2D eigenvalue weighted by atomic mass is 79.9. The molecule has 1 unspecified atom stereocenters. The van der Waals surface area contributed by atoms with Crippen LogP contribution in [0.4, 0.5) is 21.5 Å². The number of amides is 1. The molecular formula is C25H19BrFN3O3. The van der Waals surface area contributed by atoms with Crippen LogP contribution >= 0.6 is 15.9 Å². The third-order valence-corrected chi connectivity index (χ3v) is 5.85. The van der Waals surface area contributed by atoms with Gasteiger partial charge in [-0.15, -0.1) is 4.91 Å². The second kappa shape index (κ2) is 9.79. The lowest BCUT2D eigenvalue weighted by atomic mass is 10.0.